The number of nitrogens with one attached hydrogen (secondary N) is 1. The second kappa shape index (κ2) is 8.15. The van der Waals surface area contributed by atoms with Gasteiger partial charge in [0.2, 0.25) is 5.91 Å². The van der Waals surface area contributed by atoms with Crippen LogP contribution in [0.15, 0.2) is 46.1 Å². The number of hydrogen-bond donors (Lipinski definition) is 1. The molecule has 0 fully saturated rings. The number of halogens is 1. The van der Waals surface area contributed by atoms with Crippen LogP contribution in [0.2, 0.25) is 0 Å². The molecular formula is C17H16BrN5O3. The van der Waals surface area contributed by atoms with Crippen LogP contribution in [0.3, 0.4) is 0 Å². The van der Waals surface area contributed by atoms with E-state index < -0.39 is 5.91 Å². The van der Waals surface area contributed by atoms with Crippen LogP contribution >= 0.6 is 15.9 Å². The van der Waals surface area contributed by atoms with Crippen molar-refractivity contribution in [3.05, 3.63) is 57.3 Å². The molecule has 0 aliphatic heterocycles. The molecule has 0 radical (unpaired) electrons. The highest BCUT2D eigenvalue weighted by atomic mass is 79.9. The van der Waals surface area contributed by atoms with E-state index in [1.54, 1.807) is 18.2 Å². The molecule has 3 rings (SSSR count). The first-order valence-corrected chi connectivity index (χ1v) is 8.70. The lowest BCUT2D eigenvalue weighted by molar-refractivity contribution is -0.117. The Labute approximate surface area is 157 Å². The SMILES string of the molecule is CCOCc1nn(CC(=O)Nc2ccncn2)c(=O)c2ccc(Br)cc12. The standard InChI is InChI=1S/C17H16BrN5O3/c1-2-26-9-14-13-7-11(18)3-4-12(13)17(25)23(22-14)8-16(24)21-15-5-6-19-10-20-15/h3-7,10H,2,8-9H2,1H3,(H,19,20,21,24). The summed E-state index contributed by atoms with van der Waals surface area (Å²) in [7, 11) is 0. The minimum atomic E-state index is -0.405. The van der Waals surface area contributed by atoms with Gasteiger partial charge in [-0.2, -0.15) is 5.10 Å². The Morgan fingerprint density at radius 1 is 1.31 bits per heavy atom. The summed E-state index contributed by atoms with van der Waals surface area (Å²) >= 11 is 3.40. The first kappa shape index (κ1) is 18.2. The van der Waals surface area contributed by atoms with E-state index in [0.29, 0.717) is 28.9 Å². The molecule has 0 unspecified atom stereocenters. The van der Waals surface area contributed by atoms with Crippen molar-refractivity contribution in [2.45, 2.75) is 20.1 Å². The van der Waals surface area contributed by atoms with E-state index in [0.717, 1.165) is 9.15 Å². The zero-order valence-electron chi connectivity index (χ0n) is 14.0. The van der Waals surface area contributed by atoms with Crippen LogP contribution in [0, 0.1) is 0 Å². The fourth-order valence-corrected chi connectivity index (χ4v) is 2.78. The number of hydrogen-bond acceptors (Lipinski definition) is 6. The predicted octanol–water partition coefficient (Wildman–Crippen LogP) is 2.12. The molecule has 134 valence electrons. The summed E-state index contributed by atoms with van der Waals surface area (Å²) in [5.74, 6) is -0.0468. The maximum Gasteiger partial charge on any atom is 0.275 e. The lowest BCUT2D eigenvalue weighted by Gasteiger charge is -2.11. The maximum absolute atomic E-state index is 12.7. The number of fused-ring (bicyclic) bond motifs is 1. The highest BCUT2D eigenvalue weighted by Crippen LogP contribution is 2.20. The first-order valence-electron chi connectivity index (χ1n) is 7.91. The number of nitrogens with zero attached hydrogens (tertiary/aromatic N) is 4. The topological polar surface area (TPSA) is 99.0 Å². The van der Waals surface area contributed by atoms with Crippen LogP contribution in [-0.2, 0) is 22.7 Å². The van der Waals surface area contributed by atoms with Gasteiger partial charge in [-0.3, -0.25) is 9.59 Å². The Morgan fingerprint density at radius 3 is 2.88 bits per heavy atom. The summed E-state index contributed by atoms with van der Waals surface area (Å²) in [5.41, 5.74) is 0.253. The Kier molecular flexibility index (Phi) is 5.69. The van der Waals surface area contributed by atoms with Crippen molar-refractivity contribution in [3.63, 3.8) is 0 Å². The van der Waals surface area contributed by atoms with Gasteiger partial charge in [0.25, 0.3) is 5.56 Å². The summed E-state index contributed by atoms with van der Waals surface area (Å²) in [6, 6.07) is 6.87. The minimum absolute atomic E-state index is 0.228. The Morgan fingerprint density at radius 2 is 2.15 bits per heavy atom. The van der Waals surface area contributed by atoms with Gasteiger partial charge < -0.3 is 10.1 Å². The van der Waals surface area contributed by atoms with Crippen LogP contribution in [0.5, 0.6) is 0 Å². The number of aromatic nitrogens is 4. The highest BCUT2D eigenvalue weighted by Gasteiger charge is 2.14. The largest absolute Gasteiger partial charge is 0.375 e. The van der Waals surface area contributed by atoms with Crippen molar-refractivity contribution in [2.75, 3.05) is 11.9 Å². The molecule has 0 aliphatic carbocycles. The van der Waals surface area contributed by atoms with E-state index in [2.05, 4.69) is 36.3 Å². The molecule has 8 nitrogen and oxygen atoms in total. The number of ether oxygens (including phenoxy) is 1. The number of anilines is 1. The van der Waals surface area contributed by atoms with Crippen LogP contribution in [-0.4, -0.2) is 32.3 Å². The molecule has 0 atom stereocenters. The predicted molar refractivity (Wildman–Crippen MR) is 99.7 cm³/mol. The van der Waals surface area contributed by atoms with Crippen LogP contribution in [0.25, 0.3) is 10.8 Å². The van der Waals surface area contributed by atoms with Crippen molar-refractivity contribution in [1.82, 2.24) is 19.7 Å². The molecule has 0 spiro atoms. The van der Waals surface area contributed by atoms with E-state index in [4.69, 9.17) is 4.74 Å². The quantitative estimate of drug-likeness (QED) is 0.659. The van der Waals surface area contributed by atoms with E-state index in [9.17, 15) is 9.59 Å². The van der Waals surface area contributed by atoms with E-state index in [1.807, 2.05) is 13.0 Å². The lowest BCUT2D eigenvalue weighted by Crippen LogP contribution is -2.31. The molecule has 1 amide bonds. The molecule has 2 heterocycles. The van der Waals surface area contributed by atoms with Gasteiger partial charge in [0.05, 0.1) is 17.7 Å². The van der Waals surface area contributed by atoms with Gasteiger partial charge in [-0.1, -0.05) is 15.9 Å². The molecule has 3 aromatic rings. The molecule has 1 aromatic carbocycles. The average Bonchev–Trinajstić information content (AvgIpc) is 2.63. The number of benzene rings is 1. The van der Waals surface area contributed by atoms with Gasteiger partial charge in [0.15, 0.2) is 0 Å². The summed E-state index contributed by atoms with van der Waals surface area (Å²) in [5, 5.41) is 8.11. The summed E-state index contributed by atoms with van der Waals surface area (Å²) in [4.78, 5) is 32.6. The second-order valence-corrected chi connectivity index (χ2v) is 6.30. The first-order chi connectivity index (χ1) is 12.6. The Hall–Kier alpha value is -2.65. The van der Waals surface area contributed by atoms with Crippen molar-refractivity contribution in [1.29, 1.82) is 0 Å². The molecule has 1 N–H and O–H groups in total. The van der Waals surface area contributed by atoms with Gasteiger partial charge in [0.1, 0.15) is 18.7 Å². The van der Waals surface area contributed by atoms with Gasteiger partial charge in [-0.15, -0.1) is 0 Å². The monoisotopic (exact) mass is 417 g/mol. The molecule has 2 aromatic heterocycles. The molecule has 0 saturated heterocycles. The third-order valence-electron chi connectivity index (χ3n) is 3.58. The van der Waals surface area contributed by atoms with Crippen molar-refractivity contribution in [2.24, 2.45) is 0 Å². The molecular weight excluding hydrogens is 402 g/mol. The van der Waals surface area contributed by atoms with E-state index in [1.165, 1.54) is 12.5 Å². The Balaban J connectivity index is 1.94. The maximum atomic E-state index is 12.7. The van der Waals surface area contributed by atoms with Crippen LogP contribution in [0.1, 0.15) is 12.6 Å². The van der Waals surface area contributed by atoms with Crippen molar-refractivity contribution < 1.29 is 9.53 Å². The average molecular weight is 418 g/mol. The molecule has 0 saturated carbocycles. The summed E-state index contributed by atoms with van der Waals surface area (Å²) < 4.78 is 7.43. The van der Waals surface area contributed by atoms with Crippen molar-refractivity contribution in [3.8, 4) is 0 Å². The molecule has 0 aliphatic rings. The van der Waals surface area contributed by atoms with Crippen molar-refractivity contribution >= 4 is 38.4 Å². The zero-order valence-corrected chi connectivity index (χ0v) is 15.6. The third-order valence-corrected chi connectivity index (χ3v) is 4.08. The number of rotatable bonds is 6. The number of carbonyl (C=O) groups excluding carboxylic acids is 1. The highest BCUT2D eigenvalue weighted by molar-refractivity contribution is 9.10. The third kappa shape index (κ3) is 4.12. The molecule has 26 heavy (non-hydrogen) atoms. The second-order valence-electron chi connectivity index (χ2n) is 5.38. The number of carbonyl (C=O) groups is 1. The van der Waals surface area contributed by atoms with E-state index >= 15 is 0 Å². The summed E-state index contributed by atoms with van der Waals surface area (Å²) in [6.07, 6.45) is 2.84. The lowest BCUT2D eigenvalue weighted by atomic mass is 10.1. The smallest absolute Gasteiger partial charge is 0.275 e. The molecule has 0 bridgehead atoms. The van der Waals surface area contributed by atoms with Crippen LogP contribution in [0.4, 0.5) is 5.82 Å². The summed E-state index contributed by atoms with van der Waals surface area (Å²) in [6.45, 7) is 2.42. The fraction of sp³-hybridized carbons (Fsp3) is 0.235. The van der Waals surface area contributed by atoms with Gasteiger partial charge in [0, 0.05) is 22.7 Å². The van der Waals surface area contributed by atoms with Gasteiger partial charge >= 0.3 is 0 Å². The van der Waals surface area contributed by atoms with E-state index in [-0.39, 0.29) is 18.7 Å². The van der Waals surface area contributed by atoms with Crippen LogP contribution < -0.4 is 10.9 Å². The zero-order chi connectivity index (χ0) is 18.5. The van der Waals surface area contributed by atoms with Gasteiger partial charge in [-0.25, -0.2) is 14.6 Å². The molecule has 9 heteroatoms. The fourth-order valence-electron chi connectivity index (χ4n) is 2.42. The number of amides is 1. The van der Waals surface area contributed by atoms with Gasteiger partial charge in [-0.05, 0) is 31.2 Å². The minimum Gasteiger partial charge on any atom is -0.375 e. The normalized spacial score (nSPS) is 10.8. The Bertz CT molecular complexity index is 991.